The Morgan fingerprint density at radius 3 is 2.40 bits per heavy atom. The van der Waals surface area contributed by atoms with E-state index >= 15 is 0 Å². The Morgan fingerprint density at radius 2 is 2.00 bits per heavy atom. The third kappa shape index (κ3) is 5.84. The van der Waals surface area contributed by atoms with Crippen LogP contribution in [-0.4, -0.2) is 42.9 Å². The third-order valence-electron chi connectivity index (χ3n) is 1.60. The molecule has 1 N–H and O–H groups in total. The molecule has 1 unspecified atom stereocenters. The summed E-state index contributed by atoms with van der Waals surface area (Å²) in [5.41, 5.74) is 0. The highest BCUT2D eigenvalue weighted by Gasteiger charge is 2.10. The lowest BCUT2D eigenvalue weighted by atomic mass is 10.4. The van der Waals surface area contributed by atoms with Gasteiger partial charge in [-0.2, -0.15) is 10.5 Å². The summed E-state index contributed by atoms with van der Waals surface area (Å²) in [6.45, 7) is 2.65. The van der Waals surface area contributed by atoms with Gasteiger partial charge in [-0.15, -0.1) is 0 Å². The molecule has 82 valence electrons. The Kier molecular flexibility index (Phi) is 7.25. The molecular weight excluding hydrogens is 212 g/mol. The van der Waals surface area contributed by atoms with Gasteiger partial charge in [0.1, 0.15) is 13.1 Å². The zero-order valence-electron chi connectivity index (χ0n) is 8.86. The Balaban J connectivity index is 4.15. The van der Waals surface area contributed by atoms with Crippen LogP contribution in [0.5, 0.6) is 0 Å². The molecule has 15 heavy (non-hydrogen) atoms. The monoisotopic (exact) mass is 226 g/mol. The van der Waals surface area contributed by atoms with Crippen LogP contribution in [0.2, 0.25) is 0 Å². The normalized spacial score (nSPS) is 10.9. The second-order valence-electron chi connectivity index (χ2n) is 2.98. The number of hydrogen-bond donors (Lipinski definition) is 1. The minimum atomic E-state index is 0.0578. The summed E-state index contributed by atoms with van der Waals surface area (Å²) in [5.74, 6) is 0. The van der Waals surface area contributed by atoms with Crippen LogP contribution in [-0.2, 0) is 4.74 Å². The van der Waals surface area contributed by atoms with Crippen molar-refractivity contribution >= 4 is 17.3 Å². The molecule has 0 bridgehead atoms. The highest BCUT2D eigenvalue weighted by Crippen LogP contribution is 1.91. The number of ether oxygens (including phenoxy) is 1. The summed E-state index contributed by atoms with van der Waals surface area (Å²) < 4.78 is 4.93. The van der Waals surface area contributed by atoms with Gasteiger partial charge in [0.15, 0.2) is 5.11 Å². The van der Waals surface area contributed by atoms with Crippen LogP contribution in [0.3, 0.4) is 0 Å². The maximum atomic E-state index is 8.54. The molecule has 0 aromatic heterocycles. The van der Waals surface area contributed by atoms with Crippen molar-refractivity contribution in [1.82, 2.24) is 10.2 Å². The molecule has 6 heteroatoms. The Labute approximate surface area is 95.2 Å². The van der Waals surface area contributed by atoms with Gasteiger partial charge >= 0.3 is 0 Å². The number of methoxy groups -OCH3 is 1. The smallest absolute Gasteiger partial charge is 0.170 e. The van der Waals surface area contributed by atoms with Crippen molar-refractivity contribution in [3.63, 3.8) is 0 Å². The van der Waals surface area contributed by atoms with Gasteiger partial charge in [0.05, 0.1) is 18.7 Å². The zero-order valence-corrected chi connectivity index (χ0v) is 9.67. The van der Waals surface area contributed by atoms with E-state index in [9.17, 15) is 0 Å². The molecule has 0 amide bonds. The van der Waals surface area contributed by atoms with Crippen LogP contribution in [0.1, 0.15) is 6.92 Å². The molecule has 5 nitrogen and oxygen atoms in total. The van der Waals surface area contributed by atoms with Crippen molar-refractivity contribution in [2.45, 2.75) is 13.0 Å². The lowest BCUT2D eigenvalue weighted by Crippen LogP contribution is -2.45. The minimum absolute atomic E-state index is 0.0578. The van der Waals surface area contributed by atoms with E-state index in [0.29, 0.717) is 11.7 Å². The first-order valence-electron chi connectivity index (χ1n) is 4.44. The molecule has 0 saturated carbocycles. The minimum Gasteiger partial charge on any atom is -0.383 e. The van der Waals surface area contributed by atoms with E-state index in [1.807, 2.05) is 19.1 Å². The van der Waals surface area contributed by atoms with Gasteiger partial charge < -0.3 is 15.0 Å². The summed E-state index contributed by atoms with van der Waals surface area (Å²) in [6.07, 6.45) is 0. The quantitative estimate of drug-likeness (QED) is 0.535. The average Bonchev–Trinajstić information content (AvgIpc) is 2.17. The number of nitrogens with zero attached hydrogens (tertiary/aromatic N) is 3. The van der Waals surface area contributed by atoms with E-state index in [-0.39, 0.29) is 19.1 Å². The topological polar surface area (TPSA) is 72.1 Å². The van der Waals surface area contributed by atoms with Gasteiger partial charge in [0, 0.05) is 13.2 Å². The van der Waals surface area contributed by atoms with Crippen LogP contribution in [0.25, 0.3) is 0 Å². The van der Waals surface area contributed by atoms with Gasteiger partial charge in [-0.3, -0.25) is 0 Å². The molecule has 0 aliphatic heterocycles. The molecule has 0 aromatic rings. The highest BCUT2D eigenvalue weighted by atomic mass is 32.1. The number of hydrogen-bond acceptors (Lipinski definition) is 4. The van der Waals surface area contributed by atoms with Crippen LogP contribution in [0.4, 0.5) is 0 Å². The first-order chi connectivity index (χ1) is 7.15. The van der Waals surface area contributed by atoms with E-state index in [4.69, 9.17) is 27.5 Å². The fourth-order valence-corrected chi connectivity index (χ4v) is 1.29. The van der Waals surface area contributed by atoms with Crippen LogP contribution in [0.15, 0.2) is 0 Å². The van der Waals surface area contributed by atoms with Crippen LogP contribution < -0.4 is 5.32 Å². The van der Waals surface area contributed by atoms with Crippen LogP contribution in [0, 0.1) is 22.7 Å². The SMILES string of the molecule is COCC(C)NC(=S)N(CC#N)CC#N. The van der Waals surface area contributed by atoms with Gasteiger partial charge in [0.2, 0.25) is 0 Å². The van der Waals surface area contributed by atoms with Crippen molar-refractivity contribution in [1.29, 1.82) is 10.5 Å². The maximum Gasteiger partial charge on any atom is 0.170 e. The van der Waals surface area contributed by atoms with Crippen LogP contribution >= 0.6 is 12.2 Å². The lowest BCUT2D eigenvalue weighted by molar-refractivity contribution is 0.178. The largest absolute Gasteiger partial charge is 0.383 e. The van der Waals surface area contributed by atoms with Gasteiger partial charge in [-0.05, 0) is 19.1 Å². The number of nitriles is 2. The first-order valence-corrected chi connectivity index (χ1v) is 4.84. The summed E-state index contributed by atoms with van der Waals surface area (Å²) in [5, 5.41) is 20.5. The molecule has 0 fully saturated rings. The van der Waals surface area contributed by atoms with E-state index < -0.39 is 0 Å². The average molecular weight is 226 g/mol. The first kappa shape index (κ1) is 13.6. The third-order valence-corrected chi connectivity index (χ3v) is 1.97. The predicted octanol–water partition coefficient (Wildman–Crippen LogP) is 0.245. The fraction of sp³-hybridized carbons (Fsp3) is 0.667. The Bertz CT molecular complexity index is 265. The van der Waals surface area contributed by atoms with Crippen molar-refractivity contribution in [3.05, 3.63) is 0 Å². The van der Waals surface area contributed by atoms with E-state index in [2.05, 4.69) is 5.32 Å². The molecule has 0 radical (unpaired) electrons. The molecule has 0 rings (SSSR count). The zero-order chi connectivity index (χ0) is 11.7. The van der Waals surface area contributed by atoms with Gasteiger partial charge in [0.25, 0.3) is 0 Å². The summed E-state index contributed by atoms with van der Waals surface area (Å²) >= 11 is 5.05. The van der Waals surface area contributed by atoms with Crippen molar-refractivity contribution < 1.29 is 4.74 Å². The summed E-state index contributed by atoms with van der Waals surface area (Å²) in [7, 11) is 1.60. The number of rotatable bonds is 5. The Morgan fingerprint density at radius 1 is 1.47 bits per heavy atom. The maximum absolute atomic E-state index is 8.54. The molecule has 1 atom stereocenters. The molecule has 0 spiro atoms. The Hall–Kier alpha value is -1.37. The lowest BCUT2D eigenvalue weighted by Gasteiger charge is -2.23. The number of nitrogens with one attached hydrogen (secondary N) is 1. The van der Waals surface area contributed by atoms with Crippen molar-refractivity contribution in [2.75, 3.05) is 26.8 Å². The van der Waals surface area contributed by atoms with Gasteiger partial charge in [-0.25, -0.2) is 0 Å². The second-order valence-corrected chi connectivity index (χ2v) is 3.36. The van der Waals surface area contributed by atoms with Crippen molar-refractivity contribution in [3.8, 4) is 12.1 Å². The highest BCUT2D eigenvalue weighted by molar-refractivity contribution is 7.80. The van der Waals surface area contributed by atoms with E-state index in [1.54, 1.807) is 7.11 Å². The molecule has 0 aliphatic carbocycles. The van der Waals surface area contributed by atoms with E-state index in [0.717, 1.165) is 0 Å². The predicted molar refractivity (Wildman–Crippen MR) is 59.9 cm³/mol. The molecule has 0 aromatic carbocycles. The van der Waals surface area contributed by atoms with Crippen molar-refractivity contribution in [2.24, 2.45) is 0 Å². The summed E-state index contributed by atoms with van der Waals surface area (Å²) in [6, 6.07) is 3.97. The second kappa shape index (κ2) is 7.98. The summed E-state index contributed by atoms with van der Waals surface area (Å²) in [4.78, 5) is 1.50. The molecular formula is C9H14N4OS. The molecule has 0 heterocycles. The number of thiocarbonyl (C=S) groups is 1. The fourth-order valence-electron chi connectivity index (χ4n) is 0.964. The molecule has 0 saturated heterocycles. The standard InChI is InChI=1S/C9H14N4OS/c1-8(7-14-2)12-9(15)13(5-3-10)6-4-11/h8H,5-7H2,1-2H3,(H,12,15). The van der Waals surface area contributed by atoms with Gasteiger partial charge in [-0.1, -0.05) is 0 Å². The molecule has 0 aliphatic rings. The van der Waals surface area contributed by atoms with E-state index in [1.165, 1.54) is 4.90 Å².